The first-order valence-electron chi connectivity index (χ1n) is 6.08. The van der Waals surface area contributed by atoms with Crippen LogP contribution in [0, 0.1) is 0 Å². The van der Waals surface area contributed by atoms with Gasteiger partial charge in [-0.3, -0.25) is 15.2 Å². The van der Waals surface area contributed by atoms with Crippen LogP contribution >= 0.6 is 24.0 Å². The number of rotatable bonds is 4. The van der Waals surface area contributed by atoms with Crippen LogP contribution in [0.2, 0.25) is 0 Å². The van der Waals surface area contributed by atoms with Crippen LogP contribution in [-0.2, 0) is 0 Å². The Kier molecular flexibility index (Phi) is 5.12. The Hall–Kier alpha value is -1.18. The fourth-order valence-corrected chi connectivity index (χ4v) is 2.79. The summed E-state index contributed by atoms with van der Waals surface area (Å²) in [4.78, 5) is 18.0. The largest absolute Gasteiger partial charge is 0.343 e. The molecule has 1 amide bonds. The van der Waals surface area contributed by atoms with Crippen molar-refractivity contribution in [3.8, 4) is 0 Å². The summed E-state index contributed by atoms with van der Waals surface area (Å²) in [7, 11) is 0. The molecule has 0 radical (unpaired) electrons. The van der Waals surface area contributed by atoms with Crippen LogP contribution in [0.25, 0.3) is 0 Å². The zero-order chi connectivity index (χ0) is 13.7. The molecule has 5 nitrogen and oxygen atoms in total. The van der Waals surface area contributed by atoms with E-state index in [9.17, 15) is 4.79 Å². The lowest BCUT2D eigenvalue weighted by Crippen LogP contribution is -2.52. The Morgan fingerprint density at radius 3 is 2.95 bits per heavy atom. The van der Waals surface area contributed by atoms with Gasteiger partial charge in [-0.15, -0.1) is 0 Å². The average molecular weight is 296 g/mol. The van der Waals surface area contributed by atoms with Crippen molar-refractivity contribution in [3.05, 3.63) is 30.1 Å². The van der Waals surface area contributed by atoms with E-state index in [1.165, 1.54) is 0 Å². The van der Waals surface area contributed by atoms with Crippen LogP contribution in [0.15, 0.2) is 24.5 Å². The third-order valence-corrected chi connectivity index (χ3v) is 4.20. The maximum absolute atomic E-state index is 12.0. The molecule has 0 unspecified atom stereocenters. The molecule has 1 saturated heterocycles. The summed E-state index contributed by atoms with van der Waals surface area (Å²) in [6.45, 7) is 3.66. The fourth-order valence-electron chi connectivity index (χ4n) is 1.74. The normalized spacial score (nSPS) is 16.5. The van der Waals surface area contributed by atoms with E-state index in [-0.39, 0.29) is 5.91 Å². The van der Waals surface area contributed by atoms with Crippen LogP contribution in [0.3, 0.4) is 0 Å². The summed E-state index contributed by atoms with van der Waals surface area (Å²) >= 11 is 6.86. The van der Waals surface area contributed by atoms with Crippen molar-refractivity contribution < 1.29 is 4.79 Å². The standard InChI is InChI=1S/C12H16N4OS2/c1-2-7-15-8-16(9-19-12(15)18)14-11(17)10-3-5-13-6-4-10/h3-6H,2,7-9H2,1H3,(H,14,17). The summed E-state index contributed by atoms with van der Waals surface area (Å²) in [5.74, 6) is 0.558. The van der Waals surface area contributed by atoms with Crippen LogP contribution in [-0.4, -0.2) is 44.2 Å². The van der Waals surface area contributed by atoms with E-state index in [1.807, 2.05) is 5.01 Å². The van der Waals surface area contributed by atoms with E-state index in [4.69, 9.17) is 12.2 Å². The number of aromatic nitrogens is 1. The van der Waals surface area contributed by atoms with Gasteiger partial charge in [0.05, 0.1) is 12.5 Å². The van der Waals surface area contributed by atoms with Gasteiger partial charge in [0.25, 0.3) is 5.91 Å². The van der Waals surface area contributed by atoms with Crippen molar-refractivity contribution in [1.82, 2.24) is 20.3 Å². The quantitative estimate of drug-likeness (QED) is 0.853. The molecule has 1 aromatic rings. The summed E-state index contributed by atoms with van der Waals surface area (Å²) in [5.41, 5.74) is 3.50. The molecular formula is C12H16N4OS2. The van der Waals surface area contributed by atoms with Crippen LogP contribution < -0.4 is 5.43 Å². The Morgan fingerprint density at radius 1 is 1.53 bits per heavy atom. The molecule has 0 aromatic carbocycles. The number of thiocarbonyl (C=S) groups is 1. The van der Waals surface area contributed by atoms with E-state index >= 15 is 0 Å². The monoisotopic (exact) mass is 296 g/mol. The van der Waals surface area contributed by atoms with Gasteiger partial charge >= 0.3 is 0 Å². The third-order valence-electron chi connectivity index (χ3n) is 2.64. The molecule has 1 N–H and O–H groups in total. The maximum atomic E-state index is 12.0. The predicted molar refractivity (Wildman–Crippen MR) is 80.5 cm³/mol. The van der Waals surface area contributed by atoms with Crippen molar-refractivity contribution in [2.75, 3.05) is 19.1 Å². The number of hydrazine groups is 1. The van der Waals surface area contributed by atoms with Crippen LogP contribution in [0.1, 0.15) is 23.7 Å². The van der Waals surface area contributed by atoms with Gasteiger partial charge < -0.3 is 4.90 Å². The lowest BCUT2D eigenvalue weighted by atomic mass is 10.3. The topological polar surface area (TPSA) is 48.5 Å². The third kappa shape index (κ3) is 3.89. The number of hydrogen-bond acceptors (Lipinski definition) is 5. The molecular weight excluding hydrogens is 280 g/mol. The number of hydrogen-bond donors (Lipinski definition) is 1. The minimum atomic E-state index is -0.118. The lowest BCUT2D eigenvalue weighted by Gasteiger charge is -2.36. The summed E-state index contributed by atoms with van der Waals surface area (Å²) in [6.07, 6.45) is 4.25. The average Bonchev–Trinajstić information content (AvgIpc) is 2.44. The van der Waals surface area contributed by atoms with Gasteiger partial charge in [-0.2, -0.15) is 5.01 Å². The summed E-state index contributed by atoms with van der Waals surface area (Å²) in [5, 5.41) is 1.87. The van der Waals surface area contributed by atoms with Gasteiger partial charge in [-0.1, -0.05) is 30.9 Å². The molecule has 19 heavy (non-hydrogen) atoms. The highest BCUT2D eigenvalue weighted by Crippen LogP contribution is 2.17. The number of amides is 1. The molecule has 7 heteroatoms. The zero-order valence-electron chi connectivity index (χ0n) is 10.7. The SMILES string of the molecule is CCCN1CN(NC(=O)c2ccncc2)CSC1=S. The number of nitrogens with one attached hydrogen (secondary N) is 1. The van der Waals surface area contributed by atoms with Gasteiger partial charge in [0.15, 0.2) is 0 Å². The van der Waals surface area contributed by atoms with Crippen molar-refractivity contribution in [3.63, 3.8) is 0 Å². The highest BCUT2D eigenvalue weighted by Gasteiger charge is 2.22. The fraction of sp³-hybridized carbons (Fsp3) is 0.417. The first-order valence-corrected chi connectivity index (χ1v) is 7.47. The Labute approximate surface area is 122 Å². The molecule has 0 spiro atoms. The van der Waals surface area contributed by atoms with Crippen LogP contribution in [0.4, 0.5) is 0 Å². The Morgan fingerprint density at radius 2 is 2.26 bits per heavy atom. The molecule has 0 bridgehead atoms. The smallest absolute Gasteiger partial charge is 0.265 e. The van der Waals surface area contributed by atoms with Gasteiger partial charge in [0.2, 0.25) is 0 Å². The molecule has 0 saturated carbocycles. The molecule has 2 heterocycles. The number of pyridine rings is 1. The van der Waals surface area contributed by atoms with Gasteiger partial charge in [0.1, 0.15) is 4.32 Å². The Balaban J connectivity index is 1.93. The van der Waals surface area contributed by atoms with E-state index in [0.717, 1.165) is 17.3 Å². The molecule has 102 valence electrons. The summed E-state index contributed by atoms with van der Waals surface area (Å²) < 4.78 is 0.899. The van der Waals surface area contributed by atoms with Gasteiger partial charge in [0, 0.05) is 24.5 Å². The van der Waals surface area contributed by atoms with E-state index in [1.54, 1.807) is 36.3 Å². The maximum Gasteiger partial charge on any atom is 0.265 e. The van der Waals surface area contributed by atoms with Crippen molar-refractivity contribution in [1.29, 1.82) is 0 Å². The second kappa shape index (κ2) is 6.83. The van der Waals surface area contributed by atoms with E-state index in [0.29, 0.717) is 18.1 Å². The number of nitrogens with zero attached hydrogens (tertiary/aromatic N) is 3. The molecule has 1 fully saturated rings. The number of carbonyl (C=O) groups excluding carboxylic acids is 1. The number of carbonyl (C=O) groups is 1. The highest BCUT2D eigenvalue weighted by molar-refractivity contribution is 8.22. The highest BCUT2D eigenvalue weighted by atomic mass is 32.2. The predicted octanol–water partition coefficient (Wildman–Crippen LogP) is 1.69. The number of thioether (sulfide) groups is 1. The molecule has 0 aliphatic carbocycles. The first-order chi connectivity index (χ1) is 9.20. The van der Waals surface area contributed by atoms with Crippen LogP contribution in [0.5, 0.6) is 0 Å². The molecule has 0 atom stereocenters. The van der Waals surface area contributed by atoms with E-state index < -0.39 is 0 Å². The molecule has 1 aliphatic heterocycles. The lowest BCUT2D eigenvalue weighted by molar-refractivity contribution is 0.0751. The zero-order valence-corrected chi connectivity index (χ0v) is 12.3. The molecule has 2 rings (SSSR count). The second-order valence-electron chi connectivity index (χ2n) is 4.16. The minimum Gasteiger partial charge on any atom is -0.343 e. The second-order valence-corrected chi connectivity index (χ2v) is 5.74. The van der Waals surface area contributed by atoms with Crippen molar-refractivity contribution >= 4 is 34.2 Å². The van der Waals surface area contributed by atoms with Crippen molar-refractivity contribution in [2.24, 2.45) is 0 Å². The molecule has 1 aliphatic rings. The first kappa shape index (κ1) is 14.2. The van der Waals surface area contributed by atoms with Gasteiger partial charge in [-0.25, -0.2) is 0 Å². The Bertz CT molecular complexity index is 454. The summed E-state index contributed by atoms with van der Waals surface area (Å²) in [6, 6.07) is 3.39. The molecule has 1 aromatic heterocycles. The van der Waals surface area contributed by atoms with E-state index in [2.05, 4.69) is 22.2 Å². The minimum absolute atomic E-state index is 0.118. The van der Waals surface area contributed by atoms with Crippen molar-refractivity contribution in [2.45, 2.75) is 13.3 Å². The van der Waals surface area contributed by atoms with Gasteiger partial charge in [-0.05, 0) is 18.6 Å².